The second kappa shape index (κ2) is 6.72. The van der Waals surface area contributed by atoms with Crippen LogP contribution >= 0.6 is 0 Å². The van der Waals surface area contributed by atoms with Crippen LogP contribution < -0.4 is 5.32 Å². The van der Waals surface area contributed by atoms with Gasteiger partial charge in [0.05, 0.1) is 6.61 Å². The largest absolute Gasteiger partial charge is 0.378 e. The van der Waals surface area contributed by atoms with Crippen LogP contribution in [-0.4, -0.2) is 37.1 Å². The monoisotopic (exact) mass is 290 g/mol. The molecule has 1 N–H and O–H groups in total. The Bertz CT molecular complexity index is 504. The third-order valence-corrected chi connectivity index (χ3v) is 3.77. The summed E-state index contributed by atoms with van der Waals surface area (Å²) in [5.41, 5.74) is -0.345. The lowest BCUT2D eigenvalue weighted by atomic mass is 9.90. The number of hydrogen-bond donors (Lipinski definition) is 1. The molecule has 1 aliphatic rings. The summed E-state index contributed by atoms with van der Waals surface area (Å²) in [6, 6.07) is 8.88. The van der Waals surface area contributed by atoms with Crippen molar-refractivity contribution in [3.63, 3.8) is 0 Å². The van der Waals surface area contributed by atoms with Crippen LogP contribution in [-0.2, 0) is 15.1 Å². The first-order valence-electron chi connectivity index (χ1n) is 7.35. The van der Waals surface area contributed by atoms with Crippen molar-refractivity contribution in [3.8, 4) is 0 Å². The van der Waals surface area contributed by atoms with Gasteiger partial charge in [0, 0.05) is 13.7 Å². The normalized spacial score (nSPS) is 21.7. The van der Waals surface area contributed by atoms with Gasteiger partial charge in [-0.05, 0) is 12.0 Å². The number of urea groups is 1. The van der Waals surface area contributed by atoms with E-state index in [4.69, 9.17) is 4.74 Å². The van der Waals surface area contributed by atoms with Crippen LogP contribution in [0.4, 0.5) is 4.79 Å². The number of likely N-dealkylation sites (N-methyl/N-ethyl adjacent to an activating group) is 1. The van der Waals surface area contributed by atoms with E-state index >= 15 is 0 Å². The van der Waals surface area contributed by atoms with Crippen LogP contribution in [0.5, 0.6) is 0 Å². The average molecular weight is 290 g/mol. The molecule has 1 aromatic rings. The minimum absolute atomic E-state index is 0.162. The summed E-state index contributed by atoms with van der Waals surface area (Å²) < 4.78 is 5.68. The predicted octanol–water partition coefficient (Wildman–Crippen LogP) is 2.27. The second-order valence-electron chi connectivity index (χ2n) is 5.33. The van der Waals surface area contributed by atoms with Gasteiger partial charge in [-0.3, -0.25) is 9.69 Å². The van der Waals surface area contributed by atoms with Crippen molar-refractivity contribution in [3.05, 3.63) is 35.9 Å². The molecule has 5 nitrogen and oxygen atoms in total. The molecule has 0 spiro atoms. The van der Waals surface area contributed by atoms with Gasteiger partial charge in [-0.25, -0.2) is 4.79 Å². The smallest absolute Gasteiger partial charge is 0.325 e. The molecule has 0 aliphatic carbocycles. The van der Waals surface area contributed by atoms with E-state index < -0.39 is 5.54 Å². The summed E-state index contributed by atoms with van der Waals surface area (Å²) in [4.78, 5) is 25.5. The summed E-state index contributed by atoms with van der Waals surface area (Å²) in [6.45, 7) is 2.88. The molecule has 21 heavy (non-hydrogen) atoms. The molecule has 1 heterocycles. The number of benzene rings is 1. The van der Waals surface area contributed by atoms with E-state index in [0.717, 1.165) is 29.7 Å². The highest BCUT2D eigenvalue weighted by molar-refractivity contribution is 6.07. The van der Waals surface area contributed by atoms with Gasteiger partial charge in [-0.15, -0.1) is 0 Å². The second-order valence-corrected chi connectivity index (χ2v) is 5.33. The van der Waals surface area contributed by atoms with Crippen LogP contribution in [0.3, 0.4) is 0 Å². The van der Waals surface area contributed by atoms with Crippen LogP contribution in [0.25, 0.3) is 0 Å². The Kier molecular flexibility index (Phi) is 4.96. The fraction of sp³-hybridized carbons (Fsp3) is 0.500. The lowest BCUT2D eigenvalue weighted by Crippen LogP contribution is -2.48. The first kappa shape index (κ1) is 15.5. The van der Waals surface area contributed by atoms with E-state index in [1.165, 1.54) is 7.05 Å². The van der Waals surface area contributed by atoms with Crippen molar-refractivity contribution >= 4 is 11.9 Å². The summed E-state index contributed by atoms with van der Waals surface area (Å²) in [7, 11) is 1.49. The van der Waals surface area contributed by atoms with Crippen molar-refractivity contribution < 1.29 is 14.3 Å². The Morgan fingerprint density at radius 1 is 1.19 bits per heavy atom. The number of carbonyl (C=O) groups excluding carboxylic acids is 2. The van der Waals surface area contributed by atoms with Crippen molar-refractivity contribution in [2.45, 2.75) is 31.7 Å². The fourth-order valence-electron chi connectivity index (χ4n) is 2.48. The molecule has 0 bridgehead atoms. The number of carbonyl (C=O) groups is 2. The van der Waals surface area contributed by atoms with Crippen molar-refractivity contribution in [2.24, 2.45) is 0 Å². The number of nitrogens with zero attached hydrogens (tertiary/aromatic N) is 1. The number of unbranched alkanes of at least 4 members (excludes halogenated alkanes) is 2. The first-order valence-corrected chi connectivity index (χ1v) is 7.35. The molecule has 0 aromatic heterocycles. The minimum atomic E-state index is -1.10. The predicted molar refractivity (Wildman–Crippen MR) is 79.8 cm³/mol. The van der Waals surface area contributed by atoms with E-state index in [1.54, 1.807) is 0 Å². The van der Waals surface area contributed by atoms with Gasteiger partial charge in [-0.2, -0.15) is 0 Å². The lowest BCUT2D eigenvalue weighted by Gasteiger charge is -2.26. The third-order valence-electron chi connectivity index (χ3n) is 3.77. The summed E-state index contributed by atoms with van der Waals surface area (Å²) >= 11 is 0. The molecule has 5 heteroatoms. The molecule has 114 valence electrons. The Morgan fingerprint density at radius 2 is 1.90 bits per heavy atom. The van der Waals surface area contributed by atoms with E-state index in [-0.39, 0.29) is 18.5 Å². The highest BCUT2D eigenvalue weighted by Gasteiger charge is 2.51. The number of hydrogen-bond acceptors (Lipinski definition) is 3. The summed E-state index contributed by atoms with van der Waals surface area (Å²) in [5.74, 6) is -0.269. The highest BCUT2D eigenvalue weighted by atomic mass is 16.5. The Labute approximate surface area is 125 Å². The van der Waals surface area contributed by atoms with Gasteiger partial charge in [0.2, 0.25) is 0 Å². The van der Waals surface area contributed by atoms with Gasteiger partial charge < -0.3 is 10.1 Å². The van der Waals surface area contributed by atoms with E-state index in [1.807, 2.05) is 30.3 Å². The first-order chi connectivity index (χ1) is 10.1. The third kappa shape index (κ3) is 3.08. The molecular weight excluding hydrogens is 268 g/mol. The van der Waals surface area contributed by atoms with Crippen molar-refractivity contribution in [1.29, 1.82) is 0 Å². The summed E-state index contributed by atoms with van der Waals surface area (Å²) in [6.07, 6.45) is 3.17. The molecule has 1 fully saturated rings. The molecular formula is C16H22N2O3. The maximum atomic E-state index is 12.5. The van der Waals surface area contributed by atoms with Gasteiger partial charge in [0.1, 0.15) is 0 Å². The van der Waals surface area contributed by atoms with Gasteiger partial charge in [-0.1, -0.05) is 50.1 Å². The zero-order chi connectivity index (χ0) is 15.3. The van der Waals surface area contributed by atoms with Gasteiger partial charge in [0.15, 0.2) is 5.54 Å². The fourth-order valence-corrected chi connectivity index (χ4v) is 2.48. The Morgan fingerprint density at radius 3 is 2.48 bits per heavy atom. The van der Waals surface area contributed by atoms with Crippen LogP contribution in [0.1, 0.15) is 31.7 Å². The zero-order valence-electron chi connectivity index (χ0n) is 12.6. The number of imide groups is 1. The Hall–Kier alpha value is -1.88. The molecule has 2 rings (SSSR count). The van der Waals surface area contributed by atoms with Crippen LogP contribution in [0.2, 0.25) is 0 Å². The van der Waals surface area contributed by atoms with Crippen LogP contribution in [0, 0.1) is 0 Å². The number of amides is 3. The quantitative estimate of drug-likeness (QED) is 0.619. The maximum absolute atomic E-state index is 12.5. The highest BCUT2D eigenvalue weighted by Crippen LogP contribution is 2.29. The van der Waals surface area contributed by atoms with Crippen molar-refractivity contribution in [2.75, 3.05) is 20.3 Å². The van der Waals surface area contributed by atoms with E-state index in [0.29, 0.717) is 6.61 Å². The molecule has 0 unspecified atom stereocenters. The minimum Gasteiger partial charge on any atom is -0.378 e. The van der Waals surface area contributed by atoms with E-state index in [2.05, 4.69) is 12.2 Å². The van der Waals surface area contributed by atoms with Crippen molar-refractivity contribution in [1.82, 2.24) is 10.2 Å². The number of rotatable bonds is 7. The summed E-state index contributed by atoms with van der Waals surface area (Å²) in [5, 5.41) is 2.79. The molecule has 0 saturated carbocycles. The van der Waals surface area contributed by atoms with Gasteiger partial charge in [0.25, 0.3) is 5.91 Å². The molecule has 1 aromatic carbocycles. The topological polar surface area (TPSA) is 58.6 Å². The zero-order valence-corrected chi connectivity index (χ0v) is 12.6. The maximum Gasteiger partial charge on any atom is 0.325 e. The lowest BCUT2D eigenvalue weighted by molar-refractivity contribution is -0.133. The standard InChI is InChI=1S/C16H22N2O3/c1-3-4-8-11-21-12-16(13-9-6-5-7-10-13)14(19)18(2)15(20)17-16/h5-7,9-10H,3-4,8,11-12H2,1-2H3,(H,17,20)/t16-/m0/s1. The molecule has 1 atom stereocenters. The number of nitrogens with one attached hydrogen (secondary N) is 1. The number of ether oxygens (including phenoxy) is 1. The van der Waals surface area contributed by atoms with Gasteiger partial charge >= 0.3 is 6.03 Å². The molecule has 3 amide bonds. The Balaban J connectivity index is 2.16. The van der Waals surface area contributed by atoms with Crippen LogP contribution in [0.15, 0.2) is 30.3 Å². The molecule has 0 radical (unpaired) electrons. The molecule has 1 aliphatic heterocycles. The molecule has 1 saturated heterocycles. The van der Waals surface area contributed by atoms with E-state index in [9.17, 15) is 9.59 Å². The average Bonchev–Trinajstić information content (AvgIpc) is 2.73. The SMILES string of the molecule is CCCCCOC[C@@]1(c2ccccc2)NC(=O)N(C)C1=O.